The summed E-state index contributed by atoms with van der Waals surface area (Å²) in [5.41, 5.74) is 2.66. The maximum Gasteiger partial charge on any atom is 0.346 e. The predicted molar refractivity (Wildman–Crippen MR) is 80.4 cm³/mol. The molecule has 4 nitrogen and oxygen atoms in total. The highest BCUT2D eigenvalue weighted by molar-refractivity contribution is 8.03. The molecule has 1 aromatic rings. The highest BCUT2D eigenvalue weighted by atomic mass is 32.2. The van der Waals surface area contributed by atoms with Gasteiger partial charge in [0, 0.05) is 12.6 Å². The molecule has 0 saturated heterocycles. The van der Waals surface area contributed by atoms with Crippen molar-refractivity contribution in [2.45, 2.75) is 6.92 Å². The van der Waals surface area contributed by atoms with E-state index in [1.54, 1.807) is 13.3 Å². The van der Waals surface area contributed by atoms with Gasteiger partial charge in [-0.1, -0.05) is 18.2 Å². The molecule has 19 heavy (non-hydrogen) atoms. The zero-order valence-electron chi connectivity index (χ0n) is 11.2. The zero-order chi connectivity index (χ0) is 13.8. The van der Waals surface area contributed by atoms with Gasteiger partial charge in [-0.05, 0) is 19.2 Å². The van der Waals surface area contributed by atoms with E-state index in [2.05, 4.69) is 4.99 Å². The fourth-order valence-corrected chi connectivity index (χ4v) is 2.49. The lowest BCUT2D eigenvalue weighted by Crippen LogP contribution is -2.20. The fraction of sp³-hybridized carbons (Fsp3) is 0.286. The number of hydrogen-bond donors (Lipinski definition) is 0. The summed E-state index contributed by atoms with van der Waals surface area (Å²) in [6.45, 7) is 2.16. The SMILES string of the molecule is CCOC(=O)/C(SC)=C1\N=CN(C)c2ccccc21. The van der Waals surface area contributed by atoms with Crippen molar-refractivity contribution in [3.8, 4) is 0 Å². The number of hydrogen-bond acceptors (Lipinski definition) is 5. The van der Waals surface area contributed by atoms with E-state index in [9.17, 15) is 4.79 Å². The number of fused-ring (bicyclic) bond motifs is 1. The highest BCUT2D eigenvalue weighted by Crippen LogP contribution is 2.35. The van der Waals surface area contributed by atoms with Crippen LogP contribution in [-0.4, -0.2) is 32.2 Å². The van der Waals surface area contributed by atoms with E-state index in [1.165, 1.54) is 11.8 Å². The topological polar surface area (TPSA) is 41.9 Å². The van der Waals surface area contributed by atoms with Gasteiger partial charge in [-0.2, -0.15) is 0 Å². The Morgan fingerprint density at radius 3 is 2.84 bits per heavy atom. The molecule has 0 atom stereocenters. The molecule has 1 heterocycles. The molecule has 100 valence electrons. The molecule has 1 aliphatic heterocycles. The van der Waals surface area contributed by atoms with Crippen molar-refractivity contribution in [1.29, 1.82) is 0 Å². The minimum absolute atomic E-state index is 0.318. The second-order valence-electron chi connectivity index (χ2n) is 3.97. The molecule has 1 aromatic carbocycles. The van der Waals surface area contributed by atoms with Crippen LogP contribution in [0, 0.1) is 0 Å². The van der Waals surface area contributed by atoms with E-state index in [-0.39, 0.29) is 5.97 Å². The third-order valence-corrected chi connectivity index (χ3v) is 3.55. The van der Waals surface area contributed by atoms with E-state index in [1.807, 2.05) is 42.5 Å². The van der Waals surface area contributed by atoms with Crippen LogP contribution in [0.4, 0.5) is 5.69 Å². The molecule has 0 amide bonds. The first-order valence-electron chi connectivity index (χ1n) is 6.00. The van der Waals surface area contributed by atoms with Gasteiger partial charge in [-0.25, -0.2) is 9.79 Å². The van der Waals surface area contributed by atoms with Crippen LogP contribution in [0.2, 0.25) is 0 Å². The number of nitrogens with zero attached hydrogens (tertiary/aromatic N) is 2. The molecular weight excluding hydrogens is 260 g/mol. The summed E-state index contributed by atoms with van der Waals surface area (Å²) in [6, 6.07) is 7.88. The molecule has 0 bridgehead atoms. The highest BCUT2D eigenvalue weighted by Gasteiger charge is 2.22. The first-order valence-corrected chi connectivity index (χ1v) is 7.23. The van der Waals surface area contributed by atoms with Crippen molar-refractivity contribution in [3.05, 3.63) is 34.7 Å². The second-order valence-corrected chi connectivity index (χ2v) is 4.79. The average Bonchev–Trinajstić information content (AvgIpc) is 2.43. The van der Waals surface area contributed by atoms with Crippen LogP contribution < -0.4 is 4.90 Å². The lowest BCUT2D eigenvalue weighted by atomic mass is 10.1. The number of ether oxygens (including phenoxy) is 1. The number of esters is 1. The van der Waals surface area contributed by atoms with Gasteiger partial charge >= 0.3 is 5.97 Å². The van der Waals surface area contributed by atoms with Crippen LogP contribution in [-0.2, 0) is 9.53 Å². The number of carbonyl (C=O) groups excluding carboxylic acids is 1. The van der Waals surface area contributed by atoms with Crippen molar-refractivity contribution in [3.63, 3.8) is 0 Å². The Morgan fingerprint density at radius 2 is 2.16 bits per heavy atom. The van der Waals surface area contributed by atoms with Crippen LogP contribution in [0.3, 0.4) is 0 Å². The van der Waals surface area contributed by atoms with Crippen molar-refractivity contribution in [1.82, 2.24) is 0 Å². The maximum absolute atomic E-state index is 12.0. The summed E-state index contributed by atoms with van der Waals surface area (Å²) < 4.78 is 5.08. The van der Waals surface area contributed by atoms with Crippen molar-refractivity contribution >= 4 is 35.5 Å². The van der Waals surface area contributed by atoms with E-state index >= 15 is 0 Å². The number of rotatable bonds is 3. The van der Waals surface area contributed by atoms with E-state index in [4.69, 9.17) is 4.74 Å². The van der Waals surface area contributed by atoms with Crippen LogP contribution in [0.1, 0.15) is 12.5 Å². The molecule has 1 aliphatic rings. The molecule has 0 aromatic heterocycles. The minimum Gasteiger partial charge on any atom is -0.462 e. The summed E-state index contributed by atoms with van der Waals surface area (Å²) in [5, 5.41) is 0. The molecule has 0 N–H and O–H groups in total. The van der Waals surface area contributed by atoms with Gasteiger partial charge in [0.05, 0.1) is 24.3 Å². The van der Waals surface area contributed by atoms with E-state index in [0.29, 0.717) is 17.2 Å². The third kappa shape index (κ3) is 2.66. The van der Waals surface area contributed by atoms with Gasteiger partial charge in [0.15, 0.2) is 0 Å². The van der Waals surface area contributed by atoms with Gasteiger partial charge in [0.2, 0.25) is 0 Å². The molecule has 2 rings (SSSR count). The molecule has 0 spiro atoms. The monoisotopic (exact) mass is 276 g/mol. The van der Waals surface area contributed by atoms with Crippen molar-refractivity contribution in [2.24, 2.45) is 4.99 Å². The number of thioether (sulfide) groups is 1. The molecular formula is C14H16N2O2S. The summed E-state index contributed by atoms with van der Waals surface area (Å²) in [5.74, 6) is -0.318. The lowest BCUT2D eigenvalue weighted by molar-refractivity contribution is -0.137. The average molecular weight is 276 g/mol. The number of benzene rings is 1. The molecule has 0 aliphatic carbocycles. The Hall–Kier alpha value is -1.75. The standard InChI is InChI=1S/C14H16N2O2S/c1-4-18-14(17)13(19-3)12-10-7-5-6-8-11(10)16(2)9-15-12/h5-9H,4H2,1-3H3/b13-12+. The van der Waals surface area contributed by atoms with Gasteiger partial charge in [-0.3, -0.25) is 0 Å². The van der Waals surface area contributed by atoms with Gasteiger partial charge in [-0.15, -0.1) is 11.8 Å². The molecule has 5 heteroatoms. The summed E-state index contributed by atoms with van der Waals surface area (Å²) in [4.78, 5) is 18.8. The maximum atomic E-state index is 12.0. The first-order chi connectivity index (χ1) is 9.19. The quantitative estimate of drug-likeness (QED) is 0.629. The Morgan fingerprint density at radius 1 is 1.42 bits per heavy atom. The number of para-hydroxylation sites is 1. The number of carbonyl (C=O) groups is 1. The first kappa shape index (κ1) is 13.7. The third-order valence-electron chi connectivity index (χ3n) is 2.78. The van der Waals surface area contributed by atoms with Crippen LogP contribution >= 0.6 is 11.8 Å². The summed E-state index contributed by atoms with van der Waals surface area (Å²) >= 11 is 1.36. The predicted octanol–water partition coefficient (Wildman–Crippen LogP) is 2.76. The van der Waals surface area contributed by atoms with E-state index in [0.717, 1.165) is 11.3 Å². The molecule has 0 radical (unpaired) electrons. The zero-order valence-corrected chi connectivity index (χ0v) is 12.0. The molecule has 0 unspecified atom stereocenters. The normalized spacial score (nSPS) is 16.1. The Labute approximate surface area is 117 Å². The van der Waals surface area contributed by atoms with Crippen LogP contribution in [0.25, 0.3) is 5.70 Å². The summed E-state index contributed by atoms with van der Waals surface area (Å²) in [7, 11) is 1.93. The van der Waals surface area contributed by atoms with Gasteiger partial charge in [0.25, 0.3) is 0 Å². The smallest absolute Gasteiger partial charge is 0.346 e. The fourth-order valence-electron chi connectivity index (χ4n) is 1.91. The minimum atomic E-state index is -0.318. The molecule has 0 saturated carbocycles. The lowest BCUT2D eigenvalue weighted by Gasteiger charge is -2.23. The van der Waals surface area contributed by atoms with Gasteiger partial charge < -0.3 is 9.64 Å². The Balaban J connectivity index is 2.54. The Kier molecular flexibility index (Phi) is 4.27. The van der Waals surface area contributed by atoms with Crippen LogP contribution in [0.5, 0.6) is 0 Å². The molecule has 0 fully saturated rings. The summed E-state index contributed by atoms with van der Waals surface area (Å²) in [6.07, 6.45) is 3.57. The van der Waals surface area contributed by atoms with Crippen LogP contribution in [0.15, 0.2) is 34.2 Å². The Bertz CT molecular complexity index is 552. The number of anilines is 1. The largest absolute Gasteiger partial charge is 0.462 e. The van der Waals surface area contributed by atoms with Gasteiger partial charge in [0.1, 0.15) is 4.91 Å². The van der Waals surface area contributed by atoms with Crippen molar-refractivity contribution in [2.75, 3.05) is 24.8 Å². The van der Waals surface area contributed by atoms with E-state index < -0.39 is 0 Å². The van der Waals surface area contributed by atoms with Crippen molar-refractivity contribution < 1.29 is 9.53 Å². The second kappa shape index (κ2) is 5.93. The number of aliphatic imine (C=N–C) groups is 1.